The Hall–Kier alpha value is -4.01. The van der Waals surface area contributed by atoms with E-state index in [2.05, 4.69) is 10.3 Å². The Labute approximate surface area is 164 Å². The first-order valence-electron chi connectivity index (χ1n) is 8.61. The summed E-state index contributed by atoms with van der Waals surface area (Å²) in [6.45, 7) is 0.981. The summed E-state index contributed by atoms with van der Waals surface area (Å²) in [5, 5.41) is 11.5. The molecule has 29 heavy (non-hydrogen) atoms. The molecular formula is C20H18N4O5. The van der Waals surface area contributed by atoms with Crippen LogP contribution in [-0.2, 0) is 11.8 Å². The van der Waals surface area contributed by atoms with Gasteiger partial charge in [-0.15, -0.1) is 0 Å². The number of aliphatic carboxylic acids is 1. The number of carboxylic acid groups (broad SMARTS) is 1. The van der Waals surface area contributed by atoms with Gasteiger partial charge in [0.2, 0.25) is 5.91 Å². The number of pyridine rings is 2. The fourth-order valence-electron chi connectivity index (χ4n) is 3.17. The molecule has 2 aromatic heterocycles. The Morgan fingerprint density at radius 1 is 1.24 bits per heavy atom. The van der Waals surface area contributed by atoms with Gasteiger partial charge in [-0.05, 0) is 30.2 Å². The number of nitrogens with zero attached hydrogens (tertiary/aromatic N) is 2. The molecule has 2 amide bonds. The second-order valence-electron chi connectivity index (χ2n) is 6.45. The Morgan fingerprint density at radius 2 is 1.93 bits per heavy atom. The number of primary amides is 1. The van der Waals surface area contributed by atoms with Crippen LogP contribution in [0, 0.1) is 6.92 Å². The van der Waals surface area contributed by atoms with Crippen LogP contribution in [0.25, 0.3) is 22.2 Å². The molecule has 0 aliphatic rings. The molecule has 0 saturated carbocycles. The number of hydrogen-bond donors (Lipinski definition) is 3. The van der Waals surface area contributed by atoms with Crippen LogP contribution < -0.4 is 16.6 Å². The van der Waals surface area contributed by atoms with E-state index in [9.17, 15) is 19.2 Å². The maximum atomic E-state index is 12.6. The van der Waals surface area contributed by atoms with Gasteiger partial charge in [-0.3, -0.25) is 23.7 Å². The molecule has 9 heteroatoms. The van der Waals surface area contributed by atoms with Crippen LogP contribution in [0.1, 0.15) is 26.3 Å². The summed E-state index contributed by atoms with van der Waals surface area (Å²) in [5.41, 5.74) is 6.88. The van der Waals surface area contributed by atoms with Gasteiger partial charge in [0.05, 0.1) is 0 Å². The van der Waals surface area contributed by atoms with Crippen molar-refractivity contribution in [2.75, 3.05) is 6.54 Å². The van der Waals surface area contributed by atoms with Gasteiger partial charge in [-0.1, -0.05) is 18.2 Å². The number of aromatic nitrogens is 2. The fourth-order valence-corrected chi connectivity index (χ4v) is 3.17. The zero-order valence-corrected chi connectivity index (χ0v) is 15.7. The van der Waals surface area contributed by atoms with E-state index in [4.69, 9.17) is 10.8 Å². The average Bonchev–Trinajstić information content (AvgIpc) is 2.70. The predicted octanol–water partition coefficient (Wildman–Crippen LogP) is 0.822. The van der Waals surface area contributed by atoms with Crippen molar-refractivity contribution in [2.24, 2.45) is 12.8 Å². The monoisotopic (exact) mass is 394 g/mol. The van der Waals surface area contributed by atoms with E-state index in [0.717, 1.165) is 0 Å². The van der Waals surface area contributed by atoms with Gasteiger partial charge in [-0.2, -0.15) is 0 Å². The molecule has 0 unspecified atom stereocenters. The highest BCUT2D eigenvalue weighted by Crippen LogP contribution is 2.27. The van der Waals surface area contributed by atoms with Crippen molar-refractivity contribution < 1.29 is 19.5 Å². The Kier molecular flexibility index (Phi) is 5.14. The van der Waals surface area contributed by atoms with Gasteiger partial charge in [0, 0.05) is 29.8 Å². The highest BCUT2D eigenvalue weighted by atomic mass is 16.4. The maximum absolute atomic E-state index is 12.6. The largest absolute Gasteiger partial charge is 0.480 e. The molecule has 0 spiro atoms. The highest BCUT2D eigenvalue weighted by Gasteiger charge is 2.21. The number of nitrogens with one attached hydrogen (secondary N) is 1. The zero-order chi connectivity index (χ0) is 21.3. The van der Waals surface area contributed by atoms with Crippen molar-refractivity contribution >= 4 is 28.8 Å². The first kappa shape index (κ1) is 19.7. The van der Waals surface area contributed by atoms with Gasteiger partial charge in [0.15, 0.2) is 0 Å². The van der Waals surface area contributed by atoms with Crippen LogP contribution in [0.4, 0.5) is 0 Å². The molecule has 0 aliphatic heterocycles. The fraction of sp³-hybridized carbons (Fsp3) is 0.150. The van der Waals surface area contributed by atoms with Crippen molar-refractivity contribution in [3.05, 3.63) is 63.6 Å². The third kappa shape index (κ3) is 3.57. The minimum absolute atomic E-state index is 0.164. The van der Waals surface area contributed by atoms with Crippen molar-refractivity contribution in [3.63, 3.8) is 0 Å². The number of amides is 2. The Morgan fingerprint density at radius 3 is 2.59 bits per heavy atom. The second-order valence-corrected chi connectivity index (χ2v) is 6.45. The molecule has 2 heterocycles. The van der Waals surface area contributed by atoms with Crippen LogP contribution in [0.5, 0.6) is 0 Å². The van der Waals surface area contributed by atoms with Crippen LogP contribution in [-0.4, -0.2) is 39.0 Å². The topological polar surface area (TPSA) is 144 Å². The standard InChI is InChI=1S/C20H18N4O5/c1-10-14-7-11(12-5-3-4-6-13(12)17(21)27)8-22-18(14)24(2)20(29)16(10)19(28)23-9-15(25)26/h3-8H,9H2,1-2H3,(H2,21,27)(H,23,28)(H,25,26). The van der Waals surface area contributed by atoms with Crippen molar-refractivity contribution in [1.82, 2.24) is 14.9 Å². The number of carbonyl (C=O) groups excluding carboxylic acids is 2. The van der Waals surface area contributed by atoms with E-state index >= 15 is 0 Å². The summed E-state index contributed by atoms with van der Waals surface area (Å²) in [6, 6.07) is 8.48. The van der Waals surface area contributed by atoms with E-state index < -0.39 is 29.9 Å². The zero-order valence-electron chi connectivity index (χ0n) is 15.7. The minimum Gasteiger partial charge on any atom is -0.480 e. The first-order valence-corrected chi connectivity index (χ1v) is 8.61. The molecule has 0 saturated heterocycles. The lowest BCUT2D eigenvalue weighted by Crippen LogP contribution is -2.36. The summed E-state index contributed by atoms with van der Waals surface area (Å²) in [5.74, 6) is -2.59. The van der Waals surface area contributed by atoms with Gasteiger partial charge >= 0.3 is 5.97 Å². The Balaban J connectivity index is 2.24. The first-order chi connectivity index (χ1) is 13.7. The smallest absolute Gasteiger partial charge is 0.322 e. The second kappa shape index (κ2) is 7.55. The molecule has 3 aromatic rings. The predicted molar refractivity (Wildman–Crippen MR) is 106 cm³/mol. The van der Waals surface area contributed by atoms with Crippen LogP contribution in [0.3, 0.4) is 0 Å². The van der Waals surface area contributed by atoms with Gasteiger partial charge in [0.25, 0.3) is 11.5 Å². The lowest BCUT2D eigenvalue weighted by Gasteiger charge is -2.14. The van der Waals surface area contributed by atoms with Crippen molar-refractivity contribution in [3.8, 4) is 11.1 Å². The Bertz CT molecular complexity index is 1230. The van der Waals surface area contributed by atoms with Crippen LogP contribution in [0.15, 0.2) is 41.3 Å². The quantitative estimate of drug-likeness (QED) is 0.584. The van der Waals surface area contributed by atoms with Crippen LogP contribution in [0.2, 0.25) is 0 Å². The molecule has 0 fully saturated rings. The van der Waals surface area contributed by atoms with Crippen LogP contribution >= 0.6 is 0 Å². The number of hydrogen-bond acceptors (Lipinski definition) is 5. The molecule has 1 aromatic carbocycles. The average molecular weight is 394 g/mol. The lowest BCUT2D eigenvalue weighted by atomic mass is 9.98. The van der Waals surface area contributed by atoms with Gasteiger partial charge in [-0.25, -0.2) is 4.98 Å². The number of benzene rings is 1. The lowest BCUT2D eigenvalue weighted by molar-refractivity contribution is -0.135. The number of fused-ring (bicyclic) bond motifs is 1. The number of rotatable bonds is 5. The molecule has 3 rings (SSSR count). The molecule has 0 aliphatic carbocycles. The molecular weight excluding hydrogens is 376 g/mol. The molecule has 0 radical (unpaired) electrons. The summed E-state index contributed by atoms with van der Waals surface area (Å²) >= 11 is 0. The molecule has 0 atom stereocenters. The van der Waals surface area contributed by atoms with E-state index in [1.165, 1.54) is 17.8 Å². The van der Waals surface area contributed by atoms with E-state index in [0.29, 0.717) is 33.3 Å². The number of nitrogens with two attached hydrogens (primary N) is 1. The molecule has 0 bridgehead atoms. The summed E-state index contributed by atoms with van der Waals surface area (Å²) in [4.78, 5) is 51.9. The third-order valence-corrected chi connectivity index (χ3v) is 4.61. The summed E-state index contributed by atoms with van der Waals surface area (Å²) < 4.78 is 1.22. The van der Waals surface area contributed by atoms with E-state index in [-0.39, 0.29) is 5.56 Å². The number of aryl methyl sites for hydroxylation is 2. The SMILES string of the molecule is Cc1c(C(=O)NCC(=O)O)c(=O)n(C)c2ncc(-c3ccccc3C(N)=O)cc12. The number of carbonyl (C=O) groups is 3. The summed E-state index contributed by atoms with van der Waals surface area (Å²) in [7, 11) is 1.47. The minimum atomic E-state index is -1.22. The summed E-state index contributed by atoms with van der Waals surface area (Å²) in [6.07, 6.45) is 1.52. The van der Waals surface area contributed by atoms with Crippen molar-refractivity contribution in [2.45, 2.75) is 6.92 Å². The highest BCUT2D eigenvalue weighted by molar-refractivity contribution is 6.03. The van der Waals surface area contributed by atoms with Crippen molar-refractivity contribution in [1.29, 1.82) is 0 Å². The van der Waals surface area contributed by atoms with Gasteiger partial charge in [0.1, 0.15) is 17.8 Å². The molecule has 9 nitrogen and oxygen atoms in total. The maximum Gasteiger partial charge on any atom is 0.322 e. The third-order valence-electron chi connectivity index (χ3n) is 4.61. The molecule has 148 valence electrons. The van der Waals surface area contributed by atoms with Gasteiger partial charge < -0.3 is 16.2 Å². The van der Waals surface area contributed by atoms with E-state index in [1.54, 1.807) is 37.3 Å². The molecule has 4 N–H and O–H groups in total. The van der Waals surface area contributed by atoms with E-state index in [1.807, 2.05) is 0 Å². The normalized spacial score (nSPS) is 10.7. The number of carboxylic acids is 1.